The first-order valence-electron chi connectivity index (χ1n) is 8.13. The first kappa shape index (κ1) is 24.5. The molecule has 0 aliphatic heterocycles. The summed E-state index contributed by atoms with van der Waals surface area (Å²) in [6.07, 6.45) is -10.0. The summed E-state index contributed by atoms with van der Waals surface area (Å²) >= 11 is 5.85. The zero-order valence-corrected chi connectivity index (χ0v) is 18.6. The van der Waals surface area contributed by atoms with Gasteiger partial charge in [0, 0.05) is 32.9 Å². The zero-order chi connectivity index (χ0) is 22.9. The number of halogens is 8. The minimum absolute atomic E-state index is 0.150. The van der Waals surface area contributed by atoms with Crippen LogP contribution < -0.4 is 9.47 Å². The fraction of sp³-hybridized carbons (Fsp3) is 0.316. The average Bonchev–Trinajstić information content (AvgIpc) is 2.69. The molecule has 0 heterocycles. The number of carbonyl (C=O) groups is 1. The van der Waals surface area contributed by atoms with E-state index in [4.69, 9.17) is 9.47 Å². The van der Waals surface area contributed by atoms with E-state index in [9.17, 15) is 31.1 Å². The predicted octanol–water partition coefficient (Wildman–Crippen LogP) is 6.76. The number of rotatable bonds is 6. The van der Waals surface area contributed by atoms with Gasteiger partial charge in [0.1, 0.15) is 11.5 Å². The van der Waals surface area contributed by atoms with Crippen molar-refractivity contribution < 1.29 is 40.6 Å². The summed E-state index contributed by atoms with van der Waals surface area (Å²) in [5.74, 6) is -1.71. The second-order valence-electron chi connectivity index (χ2n) is 5.93. The number of carbonyl (C=O) groups excluding carboxylic acids is 1. The third-order valence-corrected chi connectivity index (χ3v) is 5.42. The Kier molecular flexibility index (Phi) is 7.49. The highest BCUT2D eigenvalue weighted by atomic mass is 79.9. The SMILES string of the molecule is COc1ccc(C(=O)c2ccc(OC)c(CBr)c2C(F)(F)F)c(C(F)(F)F)c1CBr. The lowest BCUT2D eigenvalue weighted by atomic mass is 9.90. The van der Waals surface area contributed by atoms with Gasteiger partial charge in [-0.2, -0.15) is 26.3 Å². The smallest absolute Gasteiger partial charge is 0.417 e. The molecule has 0 unspecified atom stereocenters. The van der Waals surface area contributed by atoms with Crippen molar-refractivity contribution in [2.75, 3.05) is 14.2 Å². The van der Waals surface area contributed by atoms with E-state index in [1.54, 1.807) is 0 Å². The van der Waals surface area contributed by atoms with Gasteiger partial charge < -0.3 is 9.47 Å². The topological polar surface area (TPSA) is 35.5 Å². The van der Waals surface area contributed by atoms with Crippen LogP contribution in [-0.2, 0) is 23.0 Å². The van der Waals surface area contributed by atoms with Crippen LogP contribution in [0.15, 0.2) is 24.3 Å². The van der Waals surface area contributed by atoms with Gasteiger partial charge in [-0.1, -0.05) is 31.9 Å². The van der Waals surface area contributed by atoms with E-state index in [-0.39, 0.29) is 22.2 Å². The molecule has 0 amide bonds. The van der Waals surface area contributed by atoms with E-state index < -0.39 is 51.5 Å². The molecule has 2 rings (SSSR count). The number of hydrogen-bond donors (Lipinski definition) is 0. The van der Waals surface area contributed by atoms with Crippen molar-refractivity contribution in [3.8, 4) is 11.5 Å². The van der Waals surface area contributed by atoms with E-state index in [1.165, 1.54) is 0 Å². The number of ketones is 1. The predicted molar refractivity (Wildman–Crippen MR) is 105 cm³/mol. The molecule has 0 spiro atoms. The van der Waals surface area contributed by atoms with Crippen molar-refractivity contribution in [2.24, 2.45) is 0 Å². The fourth-order valence-electron chi connectivity index (χ4n) is 3.08. The summed E-state index contributed by atoms with van der Waals surface area (Å²) in [6, 6.07) is 3.85. The molecular formula is C19H14Br2F6O3. The quantitative estimate of drug-likeness (QED) is 0.221. The molecule has 164 valence electrons. The van der Waals surface area contributed by atoms with Gasteiger partial charge >= 0.3 is 12.4 Å². The molecule has 2 aromatic rings. The molecule has 0 saturated heterocycles. The molecule has 0 atom stereocenters. The van der Waals surface area contributed by atoms with Gasteiger partial charge in [-0.3, -0.25) is 4.79 Å². The standard InChI is InChI=1S/C19H14Br2F6O3/c1-29-13-5-3-9(15(11(13)7-20)18(22,23)24)17(28)10-4-6-14(30-2)12(8-21)16(10)19(25,26)27/h3-6H,7-8H2,1-2H3. The molecule has 0 aromatic heterocycles. The Morgan fingerprint density at radius 3 is 1.33 bits per heavy atom. The largest absolute Gasteiger partial charge is 0.496 e. The maximum absolute atomic E-state index is 13.8. The number of alkyl halides is 8. The van der Waals surface area contributed by atoms with Gasteiger partial charge in [0.25, 0.3) is 0 Å². The Morgan fingerprint density at radius 2 is 1.10 bits per heavy atom. The maximum Gasteiger partial charge on any atom is 0.417 e. The number of benzene rings is 2. The van der Waals surface area contributed by atoms with Crippen molar-refractivity contribution >= 4 is 37.6 Å². The van der Waals surface area contributed by atoms with Crippen LogP contribution in [0.3, 0.4) is 0 Å². The molecule has 0 saturated carbocycles. The van der Waals surface area contributed by atoms with Crippen LogP contribution in [0.25, 0.3) is 0 Å². The molecule has 0 bridgehead atoms. The van der Waals surface area contributed by atoms with Crippen LogP contribution in [0.5, 0.6) is 11.5 Å². The minimum atomic E-state index is -5.01. The van der Waals surface area contributed by atoms with Gasteiger partial charge in [0.2, 0.25) is 0 Å². The minimum Gasteiger partial charge on any atom is -0.496 e. The summed E-state index contributed by atoms with van der Waals surface area (Å²) in [6.45, 7) is 0. The number of methoxy groups -OCH3 is 2. The lowest BCUT2D eigenvalue weighted by Crippen LogP contribution is -2.21. The highest BCUT2D eigenvalue weighted by molar-refractivity contribution is 9.08. The molecule has 0 aliphatic rings. The highest BCUT2D eigenvalue weighted by Gasteiger charge is 2.43. The number of hydrogen-bond acceptors (Lipinski definition) is 3. The van der Waals surface area contributed by atoms with Crippen LogP contribution in [0.4, 0.5) is 26.3 Å². The van der Waals surface area contributed by atoms with Gasteiger partial charge in [-0.05, 0) is 24.3 Å². The Balaban J connectivity index is 2.88. The second kappa shape index (κ2) is 9.17. The third-order valence-electron chi connectivity index (χ3n) is 4.30. The van der Waals surface area contributed by atoms with E-state index in [0.717, 1.165) is 38.5 Å². The molecule has 30 heavy (non-hydrogen) atoms. The van der Waals surface area contributed by atoms with Gasteiger partial charge in [-0.15, -0.1) is 0 Å². The van der Waals surface area contributed by atoms with Gasteiger partial charge in [0.15, 0.2) is 5.78 Å². The van der Waals surface area contributed by atoms with E-state index in [2.05, 4.69) is 31.9 Å². The summed E-state index contributed by atoms with van der Waals surface area (Å²) in [5.41, 5.74) is -5.30. The van der Waals surface area contributed by atoms with Gasteiger partial charge in [0.05, 0.1) is 25.3 Å². The van der Waals surface area contributed by atoms with Crippen molar-refractivity contribution in [2.45, 2.75) is 23.0 Å². The van der Waals surface area contributed by atoms with Crippen LogP contribution in [0, 0.1) is 0 Å². The third kappa shape index (κ3) is 4.61. The lowest BCUT2D eigenvalue weighted by Gasteiger charge is -2.21. The second-order valence-corrected chi connectivity index (χ2v) is 7.05. The normalized spacial score (nSPS) is 12.1. The Bertz CT molecular complexity index is 879. The number of ether oxygens (including phenoxy) is 2. The highest BCUT2D eigenvalue weighted by Crippen LogP contribution is 2.44. The van der Waals surface area contributed by atoms with E-state index >= 15 is 0 Å². The summed E-state index contributed by atoms with van der Waals surface area (Å²) in [4.78, 5) is 13.0. The Hall–Kier alpha value is -1.75. The Labute approximate surface area is 184 Å². The van der Waals surface area contributed by atoms with Crippen molar-refractivity contribution in [1.29, 1.82) is 0 Å². The van der Waals surface area contributed by atoms with Crippen LogP contribution in [0.1, 0.15) is 38.2 Å². The monoisotopic (exact) mass is 562 g/mol. The van der Waals surface area contributed by atoms with Crippen molar-refractivity contribution in [1.82, 2.24) is 0 Å². The molecule has 3 nitrogen and oxygen atoms in total. The average molecular weight is 564 g/mol. The maximum atomic E-state index is 13.8. The van der Waals surface area contributed by atoms with Crippen molar-refractivity contribution in [3.63, 3.8) is 0 Å². The van der Waals surface area contributed by atoms with Crippen molar-refractivity contribution in [3.05, 3.63) is 57.6 Å². The van der Waals surface area contributed by atoms with Crippen LogP contribution >= 0.6 is 31.9 Å². The van der Waals surface area contributed by atoms with Crippen LogP contribution in [0.2, 0.25) is 0 Å². The van der Waals surface area contributed by atoms with Gasteiger partial charge in [-0.25, -0.2) is 0 Å². The summed E-state index contributed by atoms with van der Waals surface area (Å²) in [7, 11) is 2.30. The zero-order valence-electron chi connectivity index (χ0n) is 15.5. The molecule has 0 radical (unpaired) electrons. The summed E-state index contributed by atoms with van der Waals surface area (Å²) < 4.78 is 92.7. The molecule has 0 N–H and O–H groups in total. The summed E-state index contributed by atoms with van der Waals surface area (Å²) in [5, 5.41) is -0.652. The first-order valence-corrected chi connectivity index (χ1v) is 10.4. The molecule has 0 aliphatic carbocycles. The molecular weight excluding hydrogens is 550 g/mol. The first-order chi connectivity index (χ1) is 13.9. The van der Waals surface area contributed by atoms with E-state index in [1.807, 2.05) is 0 Å². The Morgan fingerprint density at radius 1 is 0.767 bits per heavy atom. The molecule has 2 aromatic carbocycles. The lowest BCUT2D eigenvalue weighted by molar-refractivity contribution is -0.138. The van der Waals surface area contributed by atoms with E-state index in [0.29, 0.717) is 0 Å². The molecule has 0 fully saturated rings. The van der Waals surface area contributed by atoms with Crippen LogP contribution in [-0.4, -0.2) is 20.0 Å². The molecule has 11 heteroatoms. The fourth-order valence-corrected chi connectivity index (χ4v) is 4.19.